The van der Waals surface area contributed by atoms with Crippen LogP contribution in [-0.4, -0.2) is 22.8 Å². The first-order chi connectivity index (χ1) is 13.1. The maximum absolute atomic E-state index is 12.1. The van der Waals surface area contributed by atoms with E-state index in [9.17, 15) is 14.4 Å². The summed E-state index contributed by atoms with van der Waals surface area (Å²) < 4.78 is 0. The third-order valence-corrected chi connectivity index (χ3v) is 8.58. The van der Waals surface area contributed by atoms with E-state index in [2.05, 4.69) is 18.7 Å². The highest BCUT2D eigenvalue weighted by Crippen LogP contribution is 2.66. The van der Waals surface area contributed by atoms with Crippen LogP contribution in [0.5, 0.6) is 0 Å². The average Bonchev–Trinajstić information content (AvgIpc) is 3.00. The van der Waals surface area contributed by atoms with Gasteiger partial charge < -0.3 is 4.89 Å². The molecule has 0 spiro atoms. The second kappa shape index (κ2) is 7.74. The van der Waals surface area contributed by atoms with Crippen molar-refractivity contribution in [2.24, 2.45) is 34.5 Å². The maximum Gasteiger partial charge on any atom is 0.339 e. The maximum atomic E-state index is 12.1. The Morgan fingerprint density at radius 2 is 1.71 bits per heavy atom. The Morgan fingerprint density at radius 1 is 1.04 bits per heavy atom. The van der Waals surface area contributed by atoms with Crippen molar-refractivity contribution < 1.29 is 24.5 Å². The first kappa shape index (κ1) is 21.2. The van der Waals surface area contributed by atoms with Crippen LogP contribution in [0.4, 0.5) is 0 Å². The van der Waals surface area contributed by atoms with Crippen molar-refractivity contribution in [2.75, 3.05) is 0 Å². The van der Waals surface area contributed by atoms with E-state index in [4.69, 9.17) is 5.26 Å². The molecule has 0 aromatic heterocycles. The predicted molar refractivity (Wildman–Crippen MR) is 105 cm³/mol. The Labute approximate surface area is 167 Å². The molecule has 0 aromatic rings. The zero-order valence-electron chi connectivity index (χ0n) is 17.6. The molecule has 6 atom stereocenters. The Balaban J connectivity index is 0.000000403. The van der Waals surface area contributed by atoms with Gasteiger partial charge in [0, 0.05) is 19.3 Å². The van der Waals surface area contributed by atoms with Crippen LogP contribution in [0, 0.1) is 34.5 Å². The zero-order valence-corrected chi connectivity index (χ0v) is 17.6. The van der Waals surface area contributed by atoms with Crippen molar-refractivity contribution in [1.29, 1.82) is 0 Å². The summed E-state index contributed by atoms with van der Waals surface area (Å²) in [6.07, 6.45) is 10.9. The molecule has 0 aromatic carbocycles. The number of ketones is 2. The Morgan fingerprint density at radius 3 is 2.32 bits per heavy atom. The van der Waals surface area contributed by atoms with E-state index in [0.29, 0.717) is 17.5 Å². The third kappa shape index (κ3) is 3.47. The smallest absolute Gasteiger partial charge is 0.301 e. The Hall–Kier alpha value is -1.49. The van der Waals surface area contributed by atoms with Crippen LogP contribution in [0.15, 0.2) is 11.6 Å². The van der Waals surface area contributed by atoms with Crippen molar-refractivity contribution in [2.45, 2.75) is 79.1 Å². The first-order valence-corrected chi connectivity index (χ1v) is 10.7. The van der Waals surface area contributed by atoms with E-state index in [1.165, 1.54) is 31.3 Å². The topological polar surface area (TPSA) is 80.7 Å². The molecule has 0 radical (unpaired) electrons. The van der Waals surface area contributed by atoms with Crippen molar-refractivity contribution in [3.63, 3.8) is 0 Å². The lowest BCUT2D eigenvalue weighted by Crippen LogP contribution is -2.51. The molecule has 0 amide bonds. The van der Waals surface area contributed by atoms with Gasteiger partial charge in [0.2, 0.25) is 0 Å². The number of rotatable bonds is 1. The van der Waals surface area contributed by atoms with Crippen LogP contribution in [0.3, 0.4) is 0 Å². The monoisotopic (exact) mass is 390 g/mol. The molecule has 0 unspecified atom stereocenters. The molecule has 5 heteroatoms. The molecule has 4 aliphatic carbocycles. The molecular weight excluding hydrogens is 356 g/mol. The molecule has 0 aliphatic heterocycles. The van der Waals surface area contributed by atoms with Gasteiger partial charge >= 0.3 is 5.97 Å². The van der Waals surface area contributed by atoms with E-state index >= 15 is 0 Å². The molecule has 4 rings (SSSR count). The van der Waals surface area contributed by atoms with E-state index in [1.807, 2.05) is 6.08 Å². The average molecular weight is 391 g/mol. The molecule has 3 saturated carbocycles. The summed E-state index contributed by atoms with van der Waals surface area (Å²) >= 11 is 0. The highest BCUT2D eigenvalue weighted by Gasteiger charge is 2.59. The Kier molecular flexibility index (Phi) is 5.86. The normalized spacial score (nSPS) is 41.5. The van der Waals surface area contributed by atoms with Crippen molar-refractivity contribution in [1.82, 2.24) is 0 Å². The van der Waals surface area contributed by atoms with Gasteiger partial charge in [-0.05, 0) is 86.5 Å². The summed E-state index contributed by atoms with van der Waals surface area (Å²) in [4.78, 5) is 36.5. The molecular formula is C23H34O5. The lowest BCUT2D eigenvalue weighted by Gasteiger charge is -2.58. The van der Waals surface area contributed by atoms with Crippen LogP contribution in [0.25, 0.3) is 0 Å². The van der Waals surface area contributed by atoms with Gasteiger partial charge in [-0.1, -0.05) is 19.4 Å². The summed E-state index contributed by atoms with van der Waals surface area (Å²) in [5.41, 5.74) is 1.95. The fraction of sp³-hybridized carbons (Fsp3) is 0.783. The molecule has 1 N–H and O–H groups in total. The van der Waals surface area contributed by atoms with E-state index < -0.39 is 5.97 Å². The van der Waals surface area contributed by atoms with Crippen LogP contribution in [0.2, 0.25) is 0 Å². The molecule has 0 heterocycles. The van der Waals surface area contributed by atoms with E-state index in [1.54, 1.807) is 6.92 Å². The molecule has 3 fully saturated rings. The standard InChI is InChI=1S/C21H30O2.C2H4O3/c1-13(22)17-6-7-18-16-5-4-14-12-15(23)8-10-20(14,2)19(16)9-11-21(17,18)3;1-2(3)5-4/h12,16-19H,4-11H2,1-3H3;4H,1H3/t16-,17+,18-,19-,20-,21+;/m0./s1. The molecule has 156 valence electrons. The SMILES string of the molecule is CC(=O)OO.CC(=O)[C@H]1CC[C@H]2[C@@H]3CCC4=CC(=O)CC[C@]4(C)[C@H]3CC[C@]12C. The fourth-order valence-electron chi connectivity index (χ4n) is 7.23. The van der Waals surface area contributed by atoms with Crippen LogP contribution < -0.4 is 0 Å². The number of carbonyl (C=O) groups is 3. The van der Waals surface area contributed by atoms with Gasteiger partial charge in [-0.25, -0.2) is 4.79 Å². The van der Waals surface area contributed by atoms with Gasteiger partial charge in [-0.15, -0.1) is 0 Å². The zero-order chi connectivity index (χ0) is 20.7. The number of hydrogen-bond donors (Lipinski definition) is 1. The summed E-state index contributed by atoms with van der Waals surface area (Å²) in [5.74, 6) is 2.60. The second-order valence-corrected chi connectivity index (χ2v) is 9.84. The van der Waals surface area contributed by atoms with Gasteiger partial charge in [-0.2, -0.15) is 5.26 Å². The van der Waals surface area contributed by atoms with E-state index in [0.717, 1.165) is 50.4 Å². The van der Waals surface area contributed by atoms with Crippen LogP contribution >= 0.6 is 0 Å². The summed E-state index contributed by atoms with van der Waals surface area (Å²) in [6, 6.07) is 0. The van der Waals surface area contributed by atoms with Crippen LogP contribution in [0.1, 0.15) is 79.1 Å². The minimum atomic E-state index is -0.690. The minimum Gasteiger partial charge on any atom is -0.301 e. The molecule has 5 nitrogen and oxygen atoms in total. The summed E-state index contributed by atoms with van der Waals surface area (Å²) in [5, 5.41) is 7.29. The predicted octanol–water partition coefficient (Wildman–Crippen LogP) is 4.75. The fourth-order valence-corrected chi connectivity index (χ4v) is 7.23. The summed E-state index contributed by atoms with van der Waals surface area (Å²) in [7, 11) is 0. The van der Waals surface area contributed by atoms with Crippen molar-refractivity contribution >= 4 is 17.5 Å². The highest BCUT2D eigenvalue weighted by molar-refractivity contribution is 5.91. The molecule has 0 saturated heterocycles. The second-order valence-electron chi connectivity index (χ2n) is 9.84. The van der Waals surface area contributed by atoms with Gasteiger partial charge in [-0.3, -0.25) is 9.59 Å². The van der Waals surface area contributed by atoms with E-state index in [-0.39, 0.29) is 10.8 Å². The quantitative estimate of drug-likeness (QED) is 0.516. The van der Waals surface area contributed by atoms with Crippen LogP contribution in [-0.2, 0) is 19.3 Å². The Bertz CT molecular complexity index is 695. The molecule has 4 aliphatic rings. The highest BCUT2D eigenvalue weighted by atomic mass is 17.1. The number of carbonyl (C=O) groups excluding carboxylic acids is 3. The number of allylic oxidation sites excluding steroid dienone is 1. The number of hydrogen-bond acceptors (Lipinski definition) is 5. The third-order valence-electron chi connectivity index (χ3n) is 8.58. The lowest BCUT2D eigenvalue weighted by atomic mass is 9.47. The van der Waals surface area contributed by atoms with Gasteiger partial charge in [0.25, 0.3) is 0 Å². The van der Waals surface area contributed by atoms with Gasteiger partial charge in [0.05, 0.1) is 0 Å². The molecule has 0 bridgehead atoms. The summed E-state index contributed by atoms with van der Waals surface area (Å²) in [6.45, 7) is 7.76. The van der Waals surface area contributed by atoms with Crippen molar-refractivity contribution in [3.8, 4) is 0 Å². The van der Waals surface area contributed by atoms with Gasteiger partial charge in [0.1, 0.15) is 5.78 Å². The number of Topliss-reactive ketones (excluding diaryl/α,β-unsaturated/α-hetero) is 1. The first-order valence-electron chi connectivity index (χ1n) is 10.7. The lowest BCUT2D eigenvalue weighted by molar-refractivity contribution is -0.231. The largest absolute Gasteiger partial charge is 0.339 e. The number of fused-ring (bicyclic) bond motifs is 5. The minimum absolute atomic E-state index is 0.245. The molecule has 28 heavy (non-hydrogen) atoms. The van der Waals surface area contributed by atoms with Crippen molar-refractivity contribution in [3.05, 3.63) is 11.6 Å². The van der Waals surface area contributed by atoms with Gasteiger partial charge in [0.15, 0.2) is 5.78 Å².